The van der Waals surface area contributed by atoms with Crippen LogP contribution in [0.2, 0.25) is 0 Å². The van der Waals surface area contributed by atoms with E-state index in [1.54, 1.807) is 18.3 Å². The second kappa shape index (κ2) is 13.9. The van der Waals surface area contributed by atoms with Crippen molar-refractivity contribution in [1.82, 2.24) is 10.6 Å². The molecule has 0 aliphatic rings. The zero-order chi connectivity index (χ0) is 19.4. The van der Waals surface area contributed by atoms with Crippen LogP contribution in [-0.2, 0) is 16.9 Å². The fourth-order valence-electron chi connectivity index (χ4n) is 2.54. The average molecular weight is 517 g/mol. The predicted octanol–water partition coefficient (Wildman–Crippen LogP) is 4.13. The van der Waals surface area contributed by atoms with Crippen molar-refractivity contribution in [3.05, 3.63) is 58.3 Å². The quantitative estimate of drug-likeness (QED) is 0.182. The third-order valence-corrected chi connectivity index (χ3v) is 5.18. The molecule has 1 atom stereocenters. The molecular weight excluding hydrogens is 485 g/mol. The molecule has 0 amide bonds. The Morgan fingerprint density at radius 2 is 1.93 bits per heavy atom. The number of nitrogens with zero attached hydrogens (tertiary/aromatic N) is 1. The van der Waals surface area contributed by atoms with E-state index >= 15 is 0 Å². The van der Waals surface area contributed by atoms with Crippen LogP contribution in [0.5, 0.6) is 0 Å². The minimum absolute atomic E-state index is 0. The lowest BCUT2D eigenvalue weighted by molar-refractivity contribution is 0.0711. The van der Waals surface area contributed by atoms with E-state index in [1.165, 1.54) is 5.56 Å². The maximum absolute atomic E-state index is 10.6. The van der Waals surface area contributed by atoms with Gasteiger partial charge in [-0.3, -0.25) is 0 Å². The van der Waals surface area contributed by atoms with Gasteiger partial charge in [0.25, 0.3) is 0 Å². The zero-order valence-electron chi connectivity index (χ0n) is 16.7. The third kappa shape index (κ3) is 9.36. The molecule has 0 bridgehead atoms. The van der Waals surface area contributed by atoms with E-state index in [-0.39, 0.29) is 24.0 Å². The summed E-state index contributed by atoms with van der Waals surface area (Å²) >= 11 is 1.55. The molecule has 1 heterocycles. The molecule has 5 nitrogen and oxygen atoms in total. The van der Waals surface area contributed by atoms with E-state index in [1.807, 2.05) is 42.6 Å². The van der Waals surface area contributed by atoms with E-state index in [0.29, 0.717) is 13.2 Å². The van der Waals surface area contributed by atoms with E-state index in [4.69, 9.17) is 4.74 Å². The molecule has 2 aromatic rings. The first-order valence-electron chi connectivity index (χ1n) is 9.52. The first-order valence-corrected chi connectivity index (χ1v) is 10.4. The third-order valence-electron chi connectivity index (χ3n) is 4.06. The summed E-state index contributed by atoms with van der Waals surface area (Å²) in [6.07, 6.45) is 1.99. The number of unbranched alkanes of at least 4 members (excludes halogenated alkanes) is 1. The van der Waals surface area contributed by atoms with Crippen molar-refractivity contribution in [3.63, 3.8) is 0 Å². The SMILES string of the molecule is CCNC(=NCC(C)(O)c1cccs1)NCCCCOCc1ccccc1.I. The van der Waals surface area contributed by atoms with Gasteiger partial charge in [-0.15, -0.1) is 35.3 Å². The number of hydrogen-bond acceptors (Lipinski definition) is 4. The highest BCUT2D eigenvalue weighted by Crippen LogP contribution is 2.25. The Hall–Kier alpha value is -1.16. The van der Waals surface area contributed by atoms with E-state index in [2.05, 4.69) is 27.8 Å². The Bertz CT molecular complexity index is 664. The van der Waals surface area contributed by atoms with Crippen LogP contribution >= 0.6 is 35.3 Å². The summed E-state index contributed by atoms with van der Waals surface area (Å²) in [7, 11) is 0. The molecule has 0 fully saturated rings. The standard InChI is InChI=1S/C21H31N3O2S.HI/c1-3-22-20(24-17-21(2,25)19-12-9-15-27-19)23-13-7-8-14-26-16-18-10-5-4-6-11-18;/h4-6,9-12,15,25H,3,7-8,13-14,16-17H2,1-2H3,(H2,22,23,24);1H. The van der Waals surface area contributed by atoms with Crippen LogP contribution in [0.25, 0.3) is 0 Å². The zero-order valence-corrected chi connectivity index (χ0v) is 19.8. The summed E-state index contributed by atoms with van der Waals surface area (Å²) in [5.74, 6) is 0.736. The Morgan fingerprint density at radius 1 is 1.14 bits per heavy atom. The lowest BCUT2D eigenvalue weighted by atomic mass is 10.1. The van der Waals surface area contributed by atoms with Gasteiger partial charge in [0.05, 0.1) is 13.2 Å². The van der Waals surface area contributed by atoms with Gasteiger partial charge < -0.3 is 20.5 Å². The number of aliphatic hydroxyl groups is 1. The molecule has 1 unspecified atom stereocenters. The number of guanidine groups is 1. The molecular formula is C21H32IN3O2S. The van der Waals surface area contributed by atoms with Crippen LogP contribution < -0.4 is 10.6 Å². The van der Waals surface area contributed by atoms with Crippen molar-refractivity contribution < 1.29 is 9.84 Å². The topological polar surface area (TPSA) is 65.9 Å². The number of benzene rings is 1. The molecule has 0 saturated heterocycles. The summed E-state index contributed by atoms with van der Waals surface area (Å²) in [4.78, 5) is 5.46. The summed E-state index contributed by atoms with van der Waals surface area (Å²) < 4.78 is 5.70. The van der Waals surface area contributed by atoms with Crippen molar-refractivity contribution in [1.29, 1.82) is 0 Å². The second-order valence-corrected chi connectivity index (χ2v) is 7.57. The van der Waals surface area contributed by atoms with Crippen molar-refractivity contribution >= 4 is 41.3 Å². The number of hydrogen-bond donors (Lipinski definition) is 3. The predicted molar refractivity (Wildman–Crippen MR) is 129 cm³/mol. The first-order chi connectivity index (χ1) is 13.1. The van der Waals surface area contributed by atoms with Gasteiger partial charge in [0.1, 0.15) is 5.60 Å². The number of rotatable bonds is 11. The summed E-state index contributed by atoms with van der Waals surface area (Å²) in [5.41, 5.74) is 0.261. The van der Waals surface area contributed by atoms with Gasteiger partial charge in [-0.25, -0.2) is 4.99 Å². The van der Waals surface area contributed by atoms with Crippen molar-refractivity contribution in [2.24, 2.45) is 4.99 Å². The highest BCUT2D eigenvalue weighted by molar-refractivity contribution is 14.0. The van der Waals surface area contributed by atoms with Crippen LogP contribution in [0.1, 0.15) is 37.1 Å². The van der Waals surface area contributed by atoms with Gasteiger partial charge in [-0.05, 0) is 43.7 Å². The van der Waals surface area contributed by atoms with Crippen molar-refractivity contribution in [2.45, 2.75) is 38.9 Å². The highest BCUT2D eigenvalue weighted by Gasteiger charge is 2.23. The average Bonchev–Trinajstić information content (AvgIpc) is 3.22. The molecule has 3 N–H and O–H groups in total. The van der Waals surface area contributed by atoms with Gasteiger partial charge in [-0.2, -0.15) is 0 Å². The van der Waals surface area contributed by atoms with E-state index in [9.17, 15) is 5.11 Å². The van der Waals surface area contributed by atoms with Crippen LogP contribution in [0.15, 0.2) is 52.8 Å². The Morgan fingerprint density at radius 3 is 2.61 bits per heavy atom. The van der Waals surface area contributed by atoms with Gasteiger partial charge >= 0.3 is 0 Å². The molecule has 2 rings (SSSR count). The van der Waals surface area contributed by atoms with Gasteiger partial charge in [0, 0.05) is 24.6 Å². The number of aliphatic imine (C=N–C) groups is 1. The molecule has 1 aromatic heterocycles. The fourth-order valence-corrected chi connectivity index (χ4v) is 3.32. The van der Waals surface area contributed by atoms with Crippen molar-refractivity contribution in [3.8, 4) is 0 Å². The molecule has 1 aromatic carbocycles. The number of thiophene rings is 1. The normalized spacial score (nSPS) is 13.5. The maximum Gasteiger partial charge on any atom is 0.191 e. The summed E-state index contributed by atoms with van der Waals surface area (Å²) in [5, 5.41) is 19.1. The minimum Gasteiger partial charge on any atom is -0.383 e. The minimum atomic E-state index is -0.943. The fraction of sp³-hybridized carbons (Fsp3) is 0.476. The van der Waals surface area contributed by atoms with Crippen molar-refractivity contribution in [2.75, 3.05) is 26.2 Å². The van der Waals surface area contributed by atoms with E-state index < -0.39 is 5.60 Å². The molecule has 0 aliphatic heterocycles. The molecule has 0 spiro atoms. The number of ether oxygens (including phenoxy) is 1. The molecule has 0 saturated carbocycles. The first kappa shape index (κ1) is 24.9. The smallest absolute Gasteiger partial charge is 0.191 e. The molecule has 0 radical (unpaired) electrons. The van der Waals surface area contributed by atoms with Crippen LogP contribution in [0, 0.1) is 0 Å². The van der Waals surface area contributed by atoms with Gasteiger partial charge in [0.2, 0.25) is 0 Å². The maximum atomic E-state index is 10.6. The second-order valence-electron chi connectivity index (χ2n) is 6.62. The summed E-state index contributed by atoms with van der Waals surface area (Å²) in [6.45, 7) is 7.17. The lowest BCUT2D eigenvalue weighted by Gasteiger charge is -2.20. The van der Waals surface area contributed by atoms with Crippen LogP contribution in [0.3, 0.4) is 0 Å². The van der Waals surface area contributed by atoms with Gasteiger partial charge in [0.15, 0.2) is 5.96 Å². The van der Waals surface area contributed by atoms with Crippen LogP contribution in [-0.4, -0.2) is 37.3 Å². The number of nitrogens with one attached hydrogen (secondary N) is 2. The van der Waals surface area contributed by atoms with Crippen LogP contribution in [0.4, 0.5) is 0 Å². The van der Waals surface area contributed by atoms with Gasteiger partial charge in [-0.1, -0.05) is 36.4 Å². The highest BCUT2D eigenvalue weighted by atomic mass is 127. The molecule has 28 heavy (non-hydrogen) atoms. The lowest BCUT2D eigenvalue weighted by Crippen LogP contribution is -2.39. The molecule has 7 heteroatoms. The Kier molecular flexibility index (Phi) is 12.4. The Labute approximate surface area is 189 Å². The molecule has 156 valence electrons. The monoisotopic (exact) mass is 517 g/mol. The summed E-state index contributed by atoms with van der Waals surface area (Å²) in [6, 6.07) is 14.1. The van der Waals surface area contributed by atoms with E-state index in [0.717, 1.165) is 43.4 Å². The molecule has 0 aliphatic carbocycles. The Balaban J connectivity index is 0.00000392. The number of halogens is 1. The largest absolute Gasteiger partial charge is 0.383 e.